The van der Waals surface area contributed by atoms with Crippen molar-refractivity contribution in [2.24, 2.45) is 5.92 Å². The van der Waals surface area contributed by atoms with Crippen LogP contribution < -0.4 is 5.32 Å². The van der Waals surface area contributed by atoms with Crippen LogP contribution in [0, 0.1) is 5.92 Å². The van der Waals surface area contributed by atoms with E-state index in [9.17, 15) is 0 Å². The molecule has 66 valence electrons. The molecule has 0 aromatic heterocycles. The smallest absolute Gasteiger partial charge is 0.0143 e. The van der Waals surface area contributed by atoms with E-state index in [1.807, 2.05) is 0 Å². The van der Waals surface area contributed by atoms with Gasteiger partial charge in [-0.25, -0.2) is 0 Å². The Morgan fingerprint density at radius 2 is 2.09 bits per heavy atom. The quantitative estimate of drug-likeness (QED) is 0.557. The van der Waals surface area contributed by atoms with Crippen LogP contribution in [0.5, 0.6) is 0 Å². The largest absolute Gasteiger partial charge is 0.391 e. The fourth-order valence-electron chi connectivity index (χ4n) is 1.35. The van der Waals surface area contributed by atoms with Gasteiger partial charge in [-0.2, -0.15) is 0 Å². The Kier molecular flexibility index (Phi) is 7.33. The second-order valence-corrected chi connectivity index (χ2v) is 3.01. The summed E-state index contributed by atoms with van der Waals surface area (Å²) in [6.07, 6.45) is 7.06. The standard InChI is InChI=1S/C10H21N/c1-4-7-10(5-2)8-9-11-6-3/h6,10-11H,3-5,7-9H2,1-2H3. The molecule has 1 atom stereocenters. The Labute approximate surface area is 70.9 Å². The first-order valence-corrected chi connectivity index (χ1v) is 4.69. The average molecular weight is 155 g/mol. The average Bonchev–Trinajstić information content (AvgIpc) is 2.03. The van der Waals surface area contributed by atoms with Gasteiger partial charge in [0.15, 0.2) is 0 Å². The molecule has 0 aliphatic carbocycles. The van der Waals surface area contributed by atoms with E-state index in [1.54, 1.807) is 6.20 Å². The molecule has 0 radical (unpaired) electrons. The minimum Gasteiger partial charge on any atom is -0.391 e. The van der Waals surface area contributed by atoms with Gasteiger partial charge in [0.2, 0.25) is 0 Å². The van der Waals surface area contributed by atoms with Gasteiger partial charge < -0.3 is 5.32 Å². The van der Waals surface area contributed by atoms with E-state index in [0.29, 0.717) is 0 Å². The maximum atomic E-state index is 3.62. The van der Waals surface area contributed by atoms with Crippen molar-refractivity contribution < 1.29 is 0 Å². The second-order valence-electron chi connectivity index (χ2n) is 3.01. The molecule has 0 bridgehead atoms. The Morgan fingerprint density at radius 1 is 1.36 bits per heavy atom. The first-order chi connectivity index (χ1) is 5.35. The van der Waals surface area contributed by atoms with Crippen molar-refractivity contribution in [3.63, 3.8) is 0 Å². The SMILES string of the molecule is C=CNCCC(CC)CCC. The molecule has 11 heavy (non-hydrogen) atoms. The van der Waals surface area contributed by atoms with E-state index < -0.39 is 0 Å². The highest BCUT2D eigenvalue weighted by Gasteiger charge is 2.02. The zero-order valence-corrected chi connectivity index (χ0v) is 7.90. The molecule has 0 heterocycles. The van der Waals surface area contributed by atoms with Crippen LogP contribution in [0.1, 0.15) is 39.5 Å². The molecule has 0 fully saturated rings. The third kappa shape index (κ3) is 5.96. The minimum absolute atomic E-state index is 0.910. The number of nitrogens with one attached hydrogen (secondary N) is 1. The highest BCUT2D eigenvalue weighted by atomic mass is 14.8. The fourth-order valence-corrected chi connectivity index (χ4v) is 1.35. The third-order valence-electron chi connectivity index (χ3n) is 2.12. The van der Waals surface area contributed by atoms with Gasteiger partial charge in [-0.15, -0.1) is 0 Å². The van der Waals surface area contributed by atoms with Crippen LogP contribution in [-0.2, 0) is 0 Å². The van der Waals surface area contributed by atoms with E-state index in [0.717, 1.165) is 12.5 Å². The Bertz CT molecular complexity index is 88.9. The monoisotopic (exact) mass is 155 g/mol. The first kappa shape index (κ1) is 10.5. The summed E-state index contributed by atoms with van der Waals surface area (Å²) >= 11 is 0. The summed E-state index contributed by atoms with van der Waals surface area (Å²) < 4.78 is 0. The summed E-state index contributed by atoms with van der Waals surface area (Å²) in [5, 5.41) is 3.14. The van der Waals surface area contributed by atoms with Crippen LogP contribution in [0.15, 0.2) is 12.8 Å². The van der Waals surface area contributed by atoms with Gasteiger partial charge in [-0.3, -0.25) is 0 Å². The predicted octanol–water partition coefficient (Wildman–Crippen LogP) is 2.94. The summed E-state index contributed by atoms with van der Waals surface area (Å²) in [7, 11) is 0. The number of rotatable bonds is 7. The van der Waals surface area contributed by atoms with Crippen LogP contribution >= 0.6 is 0 Å². The summed E-state index contributed by atoms with van der Waals surface area (Å²) in [4.78, 5) is 0. The lowest BCUT2D eigenvalue weighted by molar-refractivity contribution is 0.429. The van der Waals surface area contributed by atoms with Gasteiger partial charge in [0, 0.05) is 6.54 Å². The van der Waals surface area contributed by atoms with Crippen LogP contribution in [-0.4, -0.2) is 6.54 Å². The van der Waals surface area contributed by atoms with Gasteiger partial charge >= 0.3 is 0 Å². The molecular weight excluding hydrogens is 134 g/mol. The zero-order valence-electron chi connectivity index (χ0n) is 7.90. The Hall–Kier alpha value is -0.460. The van der Waals surface area contributed by atoms with Crippen LogP contribution in [0.3, 0.4) is 0 Å². The molecule has 1 heteroatoms. The molecule has 0 aliphatic heterocycles. The molecule has 0 saturated heterocycles. The highest BCUT2D eigenvalue weighted by molar-refractivity contribution is 4.65. The van der Waals surface area contributed by atoms with Crippen molar-refractivity contribution in [1.29, 1.82) is 0 Å². The maximum Gasteiger partial charge on any atom is 0.0143 e. The lowest BCUT2D eigenvalue weighted by atomic mass is 9.97. The highest BCUT2D eigenvalue weighted by Crippen LogP contribution is 2.13. The van der Waals surface area contributed by atoms with E-state index in [4.69, 9.17) is 0 Å². The van der Waals surface area contributed by atoms with E-state index >= 15 is 0 Å². The van der Waals surface area contributed by atoms with Crippen molar-refractivity contribution in [1.82, 2.24) is 5.32 Å². The predicted molar refractivity (Wildman–Crippen MR) is 51.5 cm³/mol. The third-order valence-corrected chi connectivity index (χ3v) is 2.12. The van der Waals surface area contributed by atoms with Crippen LogP contribution in [0.25, 0.3) is 0 Å². The summed E-state index contributed by atoms with van der Waals surface area (Å²) in [6, 6.07) is 0. The van der Waals surface area contributed by atoms with Gasteiger partial charge in [-0.05, 0) is 18.5 Å². The van der Waals surface area contributed by atoms with Crippen molar-refractivity contribution >= 4 is 0 Å². The summed E-state index contributed by atoms with van der Waals surface area (Å²) in [5.41, 5.74) is 0. The normalized spacial score (nSPS) is 12.5. The molecule has 1 unspecified atom stereocenters. The zero-order chi connectivity index (χ0) is 8.53. The molecular formula is C10H21N. The number of hydrogen-bond donors (Lipinski definition) is 1. The number of hydrogen-bond acceptors (Lipinski definition) is 1. The van der Waals surface area contributed by atoms with Gasteiger partial charge in [0.05, 0.1) is 0 Å². The molecule has 0 spiro atoms. The molecule has 0 saturated carbocycles. The van der Waals surface area contributed by atoms with E-state index in [1.165, 1.54) is 25.7 Å². The van der Waals surface area contributed by atoms with Gasteiger partial charge in [0.25, 0.3) is 0 Å². The van der Waals surface area contributed by atoms with Crippen molar-refractivity contribution in [3.8, 4) is 0 Å². The molecule has 0 amide bonds. The van der Waals surface area contributed by atoms with E-state index in [-0.39, 0.29) is 0 Å². The topological polar surface area (TPSA) is 12.0 Å². The van der Waals surface area contributed by atoms with Crippen LogP contribution in [0.2, 0.25) is 0 Å². The Balaban J connectivity index is 3.27. The van der Waals surface area contributed by atoms with Crippen molar-refractivity contribution in [2.75, 3.05) is 6.54 Å². The molecule has 0 rings (SSSR count). The lowest BCUT2D eigenvalue weighted by Gasteiger charge is -2.12. The van der Waals surface area contributed by atoms with Gasteiger partial charge in [-0.1, -0.05) is 39.7 Å². The first-order valence-electron chi connectivity index (χ1n) is 4.69. The molecule has 1 N–H and O–H groups in total. The molecule has 0 aromatic carbocycles. The lowest BCUT2D eigenvalue weighted by Crippen LogP contribution is -2.11. The molecule has 0 aliphatic rings. The summed E-state index contributed by atoms with van der Waals surface area (Å²) in [6.45, 7) is 9.23. The van der Waals surface area contributed by atoms with Crippen molar-refractivity contribution in [3.05, 3.63) is 12.8 Å². The fraction of sp³-hybridized carbons (Fsp3) is 0.800. The molecule has 1 nitrogen and oxygen atoms in total. The molecule has 0 aromatic rings. The summed E-state index contributed by atoms with van der Waals surface area (Å²) in [5.74, 6) is 0.910. The second kappa shape index (κ2) is 7.64. The van der Waals surface area contributed by atoms with Crippen molar-refractivity contribution in [2.45, 2.75) is 39.5 Å². The minimum atomic E-state index is 0.910. The van der Waals surface area contributed by atoms with Gasteiger partial charge in [0.1, 0.15) is 0 Å². The Morgan fingerprint density at radius 3 is 2.55 bits per heavy atom. The van der Waals surface area contributed by atoms with Crippen LogP contribution in [0.4, 0.5) is 0 Å². The maximum absolute atomic E-state index is 3.62. The van der Waals surface area contributed by atoms with E-state index in [2.05, 4.69) is 25.7 Å².